The van der Waals surface area contributed by atoms with Gasteiger partial charge in [-0.2, -0.15) is 0 Å². The molecule has 0 N–H and O–H groups in total. The summed E-state index contributed by atoms with van der Waals surface area (Å²) in [5.41, 5.74) is -0.224. The molecule has 1 aromatic carbocycles. The molecule has 0 bridgehead atoms. The maximum atomic E-state index is 11.7. The van der Waals surface area contributed by atoms with Gasteiger partial charge in [-0.05, 0) is 25.8 Å². The molecule has 4 heteroatoms. The molecule has 0 saturated heterocycles. The van der Waals surface area contributed by atoms with Crippen LogP contribution in [0.1, 0.15) is 33.7 Å². The summed E-state index contributed by atoms with van der Waals surface area (Å²) in [5, 5.41) is 0. The van der Waals surface area contributed by atoms with Crippen LogP contribution in [0.15, 0.2) is 18.2 Å². The first kappa shape index (κ1) is 5.57. The molecule has 0 amide bonds. The van der Waals surface area contributed by atoms with E-state index in [-0.39, 0.29) is 11.3 Å². The van der Waals surface area contributed by atoms with Crippen LogP contribution in [-0.4, -0.2) is 26.3 Å². The Morgan fingerprint density at radius 3 is 2.75 bits per heavy atom. The quantitative estimate of drug-likeness (QED) is 0.746. The minimum atomic E-state index is -3.30. The van der Waals surface area contributed by atoms with E-state index in [2.05, 4.69) is 4.74 Å². The molecule has 0 heterocycles. The van der Waals surface area contributed by atoms with Crippen molar-refractivity contribution in [2.45, 2.75) is 19.8 Å². The Labute approximate surface area is 105 Å². The second-order valence-corrected chi connectivity index (χ2v) is 2.78. The van der Waals surface area contributed by atoms with E-state index < -0.39 is 31.5 Å². The summed E-state index contributed by atoms with van der Waals surface area (Å²) in [6.07, 6.45) is -3.27. The molecule has 1 aromatic rings. The average molecular weight is 231 g/mol. The number of esters is 1. The average Bonchev–Trinajstić information content (AvgIpc) is 2.43. The fourth-order valence-corrected chi connectivity index (χ4v) is 1.10. The summed E-state index contributed by atoms with van der Waals surface area (Å²) in [5.74, 6) is -1.12. The second kappa shape index (κ2) is 5.39. The van der Waals surface area contributed by atoms with Crippen LogP contribution in [0.3, 0.4) is 0 Å². The molecular weight excluding hydrogens is 208 g/mol. The topological polar surface area (TPSA) is 44.8 Å². The lowest BCUT2D eigenvalue weighted by Gasteiger charge is -2.14. The molecule has 0 aliphatic carbocycles. The summed E-state index contributed by atoms with van der Waals surface area (Å²) < 4.78 is 66.3. The van der Waals surface area contributed by atoms with E-state index in [1.807, 2.05) is 0 Å². The number of carbonyl (C=O) groups is 1. The molecule has 0 aromatic heterocycles. The van der Waals surface area contributed by atoms with Crippen LogP contribution in [-0.2, 0) is 4.74 Å². The molecule has 16 heavy (non-hydrogen) atoms. The minimum Gasteiger partial charge on any atom is -0.497 e. The second-order valence-electron chi connectivity index (χ2n) is 2.78. The van der Waals surface area contributed by atoms with Crippen molar-refractivity contribution in [3.8, 4) is 11.5 Å². The van der Waals surface area contributed by atoms with Gasteiger partial charge in [0.05, 0.1) is 21.7 Å². The summed E-state index contributed by atoms with van der Waals surface area (Å²) in [6, 6.07) is 3.72. The smallest absolute Gasteiger partial charge is 0.341 e. The van der Waals surface area contributed by atoms with Gasteiger partial charge in [0.25, 0.3) is 0 Å². The normalized spacial score (nSPS) is 18.8. The zero-order chi connectivity index (χ0) is 18.1. The third-order valence-corrected chi connectivity index (χ3v) is 1.81. The zero-order valence-corrected chi connectivity index (χ0v) is 8.87. The fourth-order valence-electron chi connectivity index (χ4n) is 1.10. The van der Waals surface area contributed by atoms with Crippen molar-refractivity contribution in [1.29, 1.82) is 0 Å². The number of carbonyl (C=O) groups excluding carboxylic acids is 1. The number of ether oxygens (including phenoxy) is 3. The van der Waals surface area contributed by atoms with E-state index in [9.17, 15) is 4.79 Å². The van der Waals surface area contributed by atoms with Gasteiger partial charge < -0.3 is 14.2 Å². The van der Waals surface area contributed by atoms with E-state index in [1.165, 1.54) is 19.2 Å². The van der Waals surface area contributed by atoms with Gasteiger partial charge in [0, 0.05) is 14.3 Å². The van der Waals surface area contributed by atoms with Crippen molar-refractivity contribution in [2.24, 2.45) is 0 Å². The summed E-state index contributed by atoms with van der Waals surface area (Å²) >= 11 is 0. The van der Waals surface area contributed by atoms with Gasteiger partial charge in [0.2, 0.25) is 0 Å². The molecule has 0 unspecified atom stereocenters. The highest BCUT2D eigenvalue weighted by atomic mass is 16.5. The van der Waals surface area contributed by atoms with Crippen molar-refractivity contribution in [3.63, 3.8) is 0 Å². The lowest BCUT2D eigenvalue weighted by Crippen LogP contribution is -2.11. The van der Waals surface area contributed by atoms with E-state index >= 15 is 0 Å². The molecule has 0 saturated carbocycles. The molecule has 0 aliphatic rings. The molecule has 1 rings (SSSR count). The first-order valence-corrected chi connectivity index (χ1v) is 4.33. The lowest BCUT2D eigenvalue weighted by molar-refractivity contribution is 0.0594. The van der Waals surface area contributed by atoms with Gasteiger partial charge in [-0.15, -0.1) is 0 Å². The van der Waals surface area contributed by atoms with Crippen molar-refractivity contribution in [2.75, 3.05) is 14.2 Å². The van der Waals surface area contributed by atoms with Crippen LogP contribution in [0, 0.1) is 0 Å². The molecule has 88 valence electrons. The predicted octanol–water partition coefficient (Wildman–Crippen LogP) is 2.27. The molecule has 0 atom stereocenters. The SMILES string of the molecule is [2H]C([2H])([2H])C([2H])(Oc1cc(OC)ccc1C(=O)OC)C([2H])([2H])[2H]. The van der Waals surface area contributed by atoms with Crippen molar-refractivity contribution < 1.29 is 28.6 Å². The highest BCUT2D eigenvalue weighted by molar-refractivity contribution is 5.92. The Balaban J connectivity index is 3.47. The maximum absolute atomic E-state index is 11.7. The van der Waals surface area contributed by atoms with E-state index in [0.717, 1.165) is 13.2 Å². The molecular formula is C12H16O4. The minimum absolute atomic E-state index is 0.186. The van der Waals surface area contributed by atoms with E-state index in [4.69, 9.17) is 19.1 Å². The predicted molar refractivity (Wildman–Crippen MR) is 60.1 cm³/mol. The molecule has 0 aliphatic heterocycles. The van der Waals surface area contributed by atoms with Gasteiger partial charge >= 0.3 is 5.97 Å². The van der Waals surface area contributed by atoms with Gasteiger partial charge in [-0.3, -0.25) is 0 Å². The van der Waals surface area contributed by atoms with Crippen LogP contribution in [0.4, 0.5) is 0 Å². The number of benzene rings is 1. The van der Waals surface area contributed by atoms with Gasteiger partial charge in [-0.25, -0.2) is 4.79 Å². The number of hydrogen-bond donors (Lipinski definition) is 0. The highest BCUT2D eigenvalue weighted by Gasteiger charge is 2.14. The van der Waals surface area contributed by atoms with Crippen LogP contribution in [0.5, 0.6) is 11.5 Å². The number of rotatable bonds is 4. The lowest BCUT2D eigenvalue weighted by atomic mass is 10.2. The molecule has 4 nitrogen and oxygen atoms in total. The Bertz CT molecular complexity index is 566. The van der Waals surface area contributed by atoms with Crippen molar-refractivity contribution in [3.05, 3.63) is 23.8 Å². The zero-order valence-electron chi connectivity index (χ0n) is 15.9. The van der Waals surface area contributed by atoms with Crippen molar-refractivity contribution >= 4 is 5.97 Å². The van der Waals surface area contributed by atoms with Gasteiger partial charge in [0.15, 0.2) is 0 Å². The maximum Gasteiger partial charge on any atom is 0.341 e. The molecule has 0 fully saturated rings. The summed E-state index contributed by atoms with van der Waals surface area (Å²) in [7, 11) is 2.41. The van der Waals surface area contributed by atoms with Crippen LogP contribution >= 0.6 is 0 Å². The largest absolute Gasteiger partial charge is 0.497 e. The number of hydrogen-bond acceptors (Lipinski definition) is 4. The Morgan fingerprint density at radius 2 is 2.19 bits per heavy atom. The fraction of sp³-hybridized carbons (Fsp3) is 0.417. The standard InChI is InChI=1S/C12H16O4/c1-8(2)16-11-7-9(14-3)5-6-10(11)12(13)15-4/h5-8H,1-4H3/i1D3,2D3,8D. The highest BCUT2D eigenvalue weighted by Crippen LogP contribution is 2.26. The van der Waals surface area contributed by atoms with Crippen LogP contribution in [0.25, 0.3) is 0 Å². The van der Waals surface area contributed by atoms with Crippen molar-refractivity contribution in [1.82, 2.24) is 0 Å². The monoisotopic (exact) mass is 231 g/mol. The van der Waals surface area contributed by atoms with Gasteiger partial charge in [0.1, 0.15) is 17.1 Å². The third-order valence-electron chi connectivity index (χ3n) is 1.81. The summed E-state index contributed by atoms with van der Waals surface area (Å²) in [6.45, 7) is -6.59. The van der Waals surface area contributed by atoms with E-state index in [1.54, 1.807) is 0 Å². The first-order valence-electron chi connectivity index (χ1n) is 7.83. The van der Waals surface area contributed by atoms with Gasteiger partial charge in [-0.1, -0.05) is 0 Å². The van der Waals surface area contributed by atoms with Crippen LogP contribution < -0.4 is 9.47 Å². The Hall–Kier alpha value is -1.71. The first-order chi connectivity index (χ1) is 10.4. The Kier molecular flexibility index (Phi) is 1.88. The van der Waals surface area contributed by atoms with E-state index in [0.29, 0.717) is 0 Å². The Morgan fingerprint density at radius 1 is 1.44 bits per heavy atom. The molecule has 0 radical (unpaired) electrons. The number of methoxy groups -OCH3 is 2. The summed E-state index contributed by atoms with van der Waals surface area (Å²) in [4.78, 5) is 11.7. The third kappa shape index (κ3) is 2.89. The molecule has 0 spiro atoms. The van der Waals surface area contributed by atoms with Crippen LogP contribution in [0.2, 0.25) is 0 Å².